The maximum Gasteiger partial charge on any atom is 0.255 e. The van der Waals surface area contributed by atoms with Crippen molar-refractivity contribution in [2.75, 3.05) is 13.1 Å². The van der Waals surface area contributed by atoms with Crippen molar-refractivity contribution < 1.29 is 19.1 Å². The number of rotatable bonds is 8. The number of ether oxygens (including phenoxy) is 1. The topological polar surface area (TPSA) is 104 Å². The first-order valence-electron chi connectivity index (χ1n) is 13.9. The second-order valence-electron chi connectivity index (χ2n) is 10.7. The number of hydrogen-bond donors (Lipinski definition) is 2. The zero-order valence-corrected chi connectivity index (χ0v) is 22.3. The molecule has 9 heteroatoms. The highest BCUT2D eigenvalue weighted by Crippen LogP contribution is 2.31. The van der Waals surface area contributed by atoms with E-state index in [-0.39, 0.29) is 30.4 Å². The summed E-state index contributed by atoms with van der Waals surface area (Å²) < 4.78 is 6.63. The Labute approximate surface area is 233 Å². The Hall–Kier alpha value is -4.08. The minimum Gasteiger partial charge on any atom is -0.487 e. The molecular weight excluding hydrogens is 506 g/mol. The maximum atomic E-state index is 13.1. The molecule has 40 heavy (non-hydrogen) atoms. The monoisotopic (exact) mass is 539 g/mol. The molecule has 3 atom stereocenters. The molecule has 0 radical (unpaired) electrons. The number of amides is 3. The third kappa shape index (κ3) is 5.76. The van der Waals surface area contributed by atoms with Gasteiger partial charge in [-0.05, 0) is 59.9 Å². The van der Waals surface area contributed by atoms with Gasteiger partial charge in [-0.15, -0.1) is 0 Å². The number of nitrogens with zero attached hydrogens (tertiary/aromatic N) is 3. The number of nitrogens with one attached hydrogen (secondary N) is 2. The van der Waals surface area contributed by atoms with Gasteiger partial charge in [0.1, 0.15) is 17.9 Å². The van der Waals surface area contributed by atoms with Crippen LogP contribution >= 0.6 is 0 Å². The lowest BCUT2D eigenvalue weighted by Crippen LogP contribution is -2.54. The Morgan fingerprint density at radius 2 is 1.80 bits per heavy atom. The number of fused-ring (bicyclic) bond motifs is 1. The highest BCUT2D eigenvalue weighted by molar-refractivity contribution is 6.05. The van der Waals surface area contributed by atoms with E-state index in [0.29, 0.717) is 24.3 Å². The molecule has 3 aliphatic heterocycles. The number of carbonyl (C=O) groups excluding carboxylic acids is 3. The number of likely N-dealkylation sites (tertiary alicyclic amines) is 1. The van der Waals surface area contributed by atoms with Crippen LogP contribution in [0, 0.1) is 0 Å². The molecular formula is C31H33N5O4. The van der Waals surface area contributed by atoms with Crippen molar-refractivity contribution in [2.45, 2.75) is 57.1 Å². The molecule has 1 aromatic heterocycles. The van der Waals surface area contributed by atoms with Crippen LogP contribution in [0.2, 0.25) is 0 Å². The number of pyridine rings is 1. The van der Waals surface area contributed by atoms with Crippen molar-refractivity contribution in [2.24, 2.45) is 0 Å². The van der Waals surface area contributed by atoms with Crippen molar-refractivity contribution in [3.63, 3.8) is 0 Å². The van der Waals surface area contributed by atoms with Crippen LogP contribution in [0.4, 0.5) is 0 Å². The number of aromatic nitrogens is 1. The lowest BCUT2D eigenvalue weighted by Gasteiger charge is -2.39. The molecule has 4 heterocycles. The summed E-state index contributed by atoms with van der Waals surface area (Å²) in [5, 5.41) is 6.07. The van der Waals surface area contributed by atoms with E-state index in [1.165, 1.54) is 11.1 Å². The first-order valence-corrected chi connectivity index (χ1v) is 13.9. The number of piperidine rings is 2. The lowest BCUT2D eigenvalue weighted by molar-refractivity contribution is -0.136. The number of imide groups is 1. The van der Waals surface area contributed by atoms with Crippen LogP contribution in [0.25, 0.3) is 0 Å². The highest BCUT2D eigenvalue weighted by Gasteiger charge is 2.39. The summed E-state index contributed by atoms with van der Waals surface area (Å²) in [5.74, 6) is -0.168. The van der Waals surface area contributed by atoms with E-state index >= 15 is 0 Å². The van der Waals surface area contributed by atoms with Crippen LogP contribution < -0.4 is 15.4 Å². The van der Waals surface area contributed by atoms with Crippen LogP contribution in [-0.2, 0) is 29.2 Å². The molecule has 3 aromatic rings. The third-order valence-corrected chi connectivity index (χ3v) is 7.99. The van der Waals surface area contributed by atoms with Gasteiger partial charge in [-0.3, -0.25) is 29.6 Å². The van der Waals surface area contributed by atoms with Gasteiger partial charge in [-0.25, -0.2) is 0 Å². The van der Waals surface area contributed by atoms with Gasteiger partial charge in [-0.1, -0.05) is 30.3 Å². The normalized spacial score (nSPS) is 23.1. The molecule has 1 unspecified atom stereocenters. The SMILES string of the molecule is O=C1CCC(N2Cc3cc(O[C@H]4CN(Cc5ccncc5)CC[C@@H]4NCc4ccccc4)ccc3C2=O)C(=O)N1. The summed E-state index contributed by atoms with van der Waals surface area (Å²) in [7, 11) is 0. The fourth-order valence-corrected chi connectivity index (χ4v) is 5.87. The molecule has 2 saturated heterocycles. The Morgan fingerprint density at radius 3 is 2.60 bits per heavy atom. The molecule has 2 aromatic carbocycles. The molecule has 0 spiro atoms. The second kappa shape index (κ2) is 11.6. The largest absolute Gasteiger partial charge is 0.487 e. The average molecular weight is 540 g/mol. The van der Waals surface area contributed by atoms with Crippen LogP contribution in [0.3, 0.4) is 0 Å². The smallest absolute Gasteiger partial charge is 0.255 e. The maximum absolute atomic E-state index is 13.1. The number of benzene rings is 2. The summed E-state index contributed by atoms with van der Waals surface area (Å²) in [6.07, 6.45) is 5.07. The zero-order chi connectivity index (χ0) is 27.5. The first kappa shape index (κ1) is 26.2. The molecule has 0 aliphatic carbocycles. The Morgan fingerprint density at radius 1 is 0.975 bits per heavy atom. The Balaban J connectivity index is 1.17. The molecule has 6 rings (SSSR count). The zero-order valence-electron chi connectivity index (χ0n) is 22.3. The Kier molecular flexibility index (Phi) is 7.57. The molecule has 9 nitrogen and oxygen atoms in total. The van der Waals surface area contributed by atoms with Crippen molar-refractivity contribution in [3.8, 4) is 5.75 Å². The minimum atomic E-state index is -0.631. The fourth-order valence-electron chi connectivity index (χ4n) is 5.87. The van der Waals surface area contributed by atoms with E-state index in [0.717, 1.165) is 38.2 Å². The van der Waals surface area contributed by atoms with E-state index in [9.17, 15) is 14.4 Å². The Bertz CT molecular complexity index is 1380. The highest BCUT2D eigenvalue weighted by atomic mass is 16.5. The van der Waals surface area contributed by atoms with E-state index in [1.807, 2.05) is 54.9 Å². The van der Waals surface area contributed by atoms with Gasteiger partial charge in [0.25, 0.3) is 5.91 Å². The number of carbonyl (C=O) groups is 3. The van der Waals surface area contributed by atoms with Gasteiger partial charge in [-0.2, -0.15) is 0 Å². The summed E-state index contributed by atoms with van der Waals surface area (Å²) >= 11 is 0. The average Bonchev–Trinajstić information content (AvgIpc) is 3.29. The quantitative estimate of drug-likeness (QED) is 0.424. The lowest BCUT2D eigenvalue weighted by atomic mass is 10.00. The van der Waals surface area contributed by atoms with E-state index in [4.69, 9.17) is 4.74 Å². The second-order valence-corrected chi connectivity index (χ2v) is 10.7. The van der Waals surface area contributed by atoms with Crippen molar-refractivity contribution in [1.82, 2.24) is 25.4 Å². The van der Waals surface area contributed by atoms with Crippen LogP contribution in [0.15, 0.2) is 73.1 Å². The van der Waals surface area contributed by atoms with Gasteiger partial charge in [0, 0.05) is 63.1 Å². The molecule has 3 aliphatic rings. The van der Waals surface area contributed by atoms with Gasteiger partial charge in [0.15, 0.2) is 0 Å². The van der Waals surface area contributed by atoms with Gasteiger partial charge < -0.3 is 15.0 Å². The molecule has 206 valence electrons. The van der Waals surface area contributed by atoms with E-state index in [1.54, 1.807) is 11.0 Å². The van der Waals surface area contributed by atoms with Gasteiger partial charge in [0.05, 0.1) is 0 Å². The molecule has 2 N–H and O–H groups in total. The van der Waals surface area contributed by atoms with Crippen molar-refractivity contribution in [3.05, 3.63) is 95.3 Å². The summed E-state index contributed by atoms with van der Waals surface area (Å²) in [6, 6.07) is 19.5. The molecule has 0 bridgehead atoms. The van der Waals surface area contributed by atoms with Crippen molar-refractivity contribution >= 4 is 17.7 Å². The predicted molar refractivity (Wildman–Crippen MR) is 148 cm³/mol. The summed E-state index contributed by atoms with van der Waals surface area (Å²) in [5.41, 5.74) is 3.86. The van der Waals surface area contributed by atoms with E-state index in [2.05, 4.69) is 32.7 Å². The predicted octanol–water partition coefficient (Wildman–Crippen LogP) is 2.65. The first-order chi connectivity index (χ1) is 19.5. The van der Waals surface area contributed by atoms with Crippen LogP contribution in [-0.4, -0.2) is 63.8 Å². The van der Waals surface area contributed by atoms with Crippen LogP contribution in [0.1, 0.15) is 46.3 Å². The summed E-state index contributed by atoms with van der Waals surface area (Å²) in [4.78, 5) is 45.2. The van der Waals surface area contributed by atoms with Gasteiger partial charge in [0.2, 0.25) is 11.8 Å². The molecule has 2 fully saturated rings. The van der Waals surface area contributed by atoms with E-state index < -0.39 is 11.9 Å². The van der Waals surface area contributed by atoms with Crippen LogP contribution in [0.5, 0.6) is 5.75 Å². The van der Waals surface area contributed by atoms with Crippen molar-refractivity contribution in [1.29, 1.82) is 0 Å². The standard InChI is InChI=1S/C31H33N5O4/c37-29-9-8-27(30(38)34-29)36-19-23-16-24(6-7-25(23)31(36)39)40-28-20-35(18-22-10-13-32-14-11-22)15-12-26(28)33-17-21-4-2-1-3-5-21/h1-7,10-11,13-14,16,26-28,33H,8-9,12,15,17-20H2,(H,34,37,38)/t26-,27?,28-/m0/s1. The molecule has 0 saturated carbocycles. The van der Waals surface area contributed by atoms with Gasteiger partial charge >= 0.3 is 0 Å². The third-order valence-electron chi connectivity index (χ3n) is 7.99. The minimum absolute atomic E-state index is 0.0966. The number of hydrogen-bond acceptors (Lipinski definition) is 7. The summed E-state index contributed by atoms with van der Waals surface area (Å²) in [6.45, 7) is 3.62. The fraction of sp³-hybridized carbons (Fsp3) is 0.355. The molecule has 3 amide bonds.